The number of nitrogens with one attached hydrogen (secondary N) is 1. The smallest absolute Gasteiger partial charge is 0.291 e. The number of imidazole rings is 1. The predicted octanol–water partition coefficient (Wildman–Crippen LogP) is 4.43. The molecule has 7 heteroatoms. The maximum Gasteiger partial charge on any atom is 0.291 e. The molecule has 1 fully saturated rings. The van der Waals surface area contributed by atoms with Gasteiger partial charge in [-0.25, -0.2) is 4.98 Å². The van der Waals surface area contributed by atoms with Gasteiger partial charge in [-0.3, -0.25) is 9.59 Å². The normalized spacial score (nSPS) is 16.2. The van der Waals surface area contributed by atoms with E-state index in [0.717, 1.165) is 37.0 Å². The first-order chi connectivity index (χ1) is 15.7. The summed E-state index contributed by atoms with van der Waals surface area (Å²) in [7, 11) is 0. The molecule has 5 rings (SSSR count). The molecule has 2 aromatic heterocycles. The first kappa shape index (κ1) is 20.1. The summed E-state index contributed by atoms with van der Waals surface area (Å²) in [6, 6.07) is 18.4. The van der Waals surface area contributed by atoms with Crippen molar-refractivity contribution >= 4 is 28.5 Å². The summed E-state index contributed by atoms with van der Waals surface area (Å²) in [4.78, 5) is 31.8. The quantitative estimate of drug-likeness (QED) is 0.510. The fourth-order valence-electron chi connectivity index (χ4n) is 4.35. The molecule has 4 aromatic rings. The SMILES string of the molecule is O=C(Nc1cccc(C(=O)N2CCC[C@@H](Cn3cnc4ccccc43)C2)c1)c1ccco1. The predicted molar refractivity (Wildman–Crippen MR) is 121 cm³/mol. The number of carbonyl (C=O) groups is 2. The molecule has 32 heavy (non-hydrogen) atoms. The Labute approximate surface area is 185 Å². The molecule has 0 aliphatic carbocycles. The van der Waals surface area contributed by atoms with Gasteiger partial charge in [0.15, 0.2) is 5.76 Å². The van der Waals surface area contributed by atoms with Gasteiger partial charge in [0, 0.05) is 30.9 Å². The fraction of sp³-hybridized carbons (Fsp3) is 0.240. The summed E-state index contributed by atoms with van der Waals surface area (Å²) in [5.41, 5.74) is 3.24. The van der Waals surface area contributed by atoms with Gasteiger partial charge in [0.1, 0.15) is 0 Å². The lowest BCUT2D eigenvalue weighted by Gasteiger charge is -2.33. The van der Waals surface area contributed by atoms with Crippen LogP contribution in [0.4, 0.5) is 5.69 Å². The van der Waals surface area contributed by atoms with E-state index in [9.17, 15) is 9.59 Å². The largest absolute Gasteiger partial charge is 0.459 e. The number of piperidine rings is 1. The van der Waals surface area contributed by atoms with Crippen LogP contribution in [0.1, 0.15) is 33.8 Å². The minimum atomic E-state index is -0.342. The number of carbonyl (C=O) groups excluding carboxylic acids is 2. The van der Waals surface area contributed by atoms with Crippen molar-refractivity contribution in [3.8, 4) is 0 Å². The molecule has 0 spiro atoms. The maximum absolute atomic E-state index is 13.2. The molecule has 2 aromatic carbocycles. The second-order valence-electron chi connectivity index (χ2n) is 8.16. The minimum absolute atomic E-state index is 0.0145. The molecule has 3 heterocycles. The Morgan fingerprint density at radius 1 is 1.09 bits per heavy atom. The second kappa shape index (κ2) is 8.70. The molecule has 2 amide bonds. The Kier molecular flexibility index (Phi) is 5.46. The molecule has 0 unspecified atom stereocenters. The van der Waals surface area contributed by atoms with Crippen molar-refractivity contribution in [1.29, 1.82) is 0 Å². The van der Waals surface area contributed by atoms with Crippen LogP contribution in [0.2, 0.25) is 0 Å². The third-order valence-electron chi connectivity index (χ3n) is 5.90. The highest BCUT2D eigenvalue weighted by molar-refractivity contribution is 6.03. The highest BCUT2D eigenvalue weighted by atomic mass is 16.3. The standard InChI is InChI=1S/C25H24N4O3/c30-24(23-11-5-13-32-23)27-20-8-3-7-19(14-20)25(31)28-12-4-6-18(15-28)16-29-17-26-21-9-1-2-10-22(21)29/h1-3,5,7-11,13-14,17-18H,4,6,12,15-16H2,(H,27,30)/t18-/m1/s1. The van der Waals surface area contributed by atoms with Crippen LogP contribution in [0, 0.1) is 5.92 Å². The number of furan rings is 1. The average molecular weight is 428 g/mol. The number of nitrogens with zero attached hydrogens (tertiary/aromatic N) is 3. The molecule has 0 bridgehead atoms. The van der Waals surface area contributed by atoms with Gasteiger partial charge < -0.3 is 19.2 Å². The molecule has 7 nitrogen and oxygen atoms in total. The van der Waals surface area contributed by atoms with Gasteiger partial charge in [0.2, 0.25) is 0 Å². The first-order valence-electron chi connectivity index (χ1n) is 10.8. The Bertz CT molecular complexity index is 1250. The lowest BCUT2D eigenvalue weighted by Crippen LogP contribution is -2.41. The summed E-state index contributed by atoms with van der Waals surface area (Å²) < 4.78 is 7.31. The van der Waals surface area contributed by atoms with Crippen LogP contribution in [-0.4, -0.2) is 39.4 Å². The number of hydrogen-bond donors (Lipinski definition) is 1. The van der Waals surface area contributed by atoms with Crippen molar-refractivity contribution in [2.45, 2.75) is 19.4 Å². The van der Waals surface area contributed by atoms with E-state index in [1.165, 1.54) is 6.26 Å². The van der Waals surface area contributed by atoms with E-state index in [0.29, 0.717) is 23.7 Å². The summed E-state index contributed by atoms with van der Waals surface area (Å²) in [5.74, 6) is 0.240. The Morgan fingerprint density at radius 2 is 2.00 bits per heavy atom. The first-order valence-corrected chi connectivity index (χ1v) is 10.8. The van der Waals surface area contributed by atoms with Crippen molar-refractivity contribution < 1.29 is 14.0 Å². The number of amides is 2. The Morgan fingerprint density at radius 3 is 2.88 bits per heavy atom. The second-order valence-corrected chi connectivity index (χ2v) is 8.16. The summed E-state index contributed by atoms with van der Waals surface area (Å²) in [6.45, 7) is 2.28. The zero-order chi connectivity index (χ0) is 21.9. The van der Waals surface area contributed by atoms with Crippen molar-refractivity contribution in [3.05, 3.63) is 84.6 Å². The van der Waals surface area contributed by atoms with E-state index in [1.54, 1.807) is 36.4 Å². The molecule has 1 N–H and O–H groups in total. The van der Waals surface area contributed by atoms with E-state index in [4.69, 9.17) is 4.42 Å². The molecule has 162 valence electrons. The van der Waals surface area contributed by atoms with Crippen molar-refractivity contribution in [2.24, 2.45) is 5.92 Å². The minimum Gasteiger partial charge on any atom is -0.459 e. The van der Waals surface area contributed by atoms with Crippen LogP contribution < -0.4 is 5.32 Å². The van der Waals surface area contributed by atoms with E-state index < -0.39 is 0 Å². The van der Waals surface area contributed by atoms with Gasteiger partial charge in [0.05, 0.1) is 23.6 Å². The zero-order valence-corrected chi connectivity index (χ0v) is 17.6. The monoisotopic (exact) mass is 428 g/mol. The number of benzene rings is 2. The topological polar surface area (TPSA) is 80.4 Å². The van der Waals surface area contributed by atoms with E-state index >= 15 is 0 Å². The van der Waals surface area contributed by atoms with Crippen LogP contribution in [0.25, 0.3) is 11.0 Å². The number of rotatable bonds is 5. The van der Waals surface area contributed by atoms with Crippen molar-refractivity contribution in [3.63, 3.8) is 0 Å². The van der Waals surface area contributed by atoms with E-state index in [2.05, 4.69) is 20.9 Å². The van der Waals surface area contributed by atoms with Gasteiger partial charge >= 0.3 is 0 Å². The molecular formula is C25H24N4O3. The molecule has 1 aliphatic rings. The molecule has 0 radical (unpaired) electrons. The lowest BCUT2D eigenvalue weighted by atomic mass is 9.97. The highest BCUT2D eigenvalue weighted by Gasteiger charge is 2.25. The van der Waals surface area contributed by atoms with Crippen LogP contribution in [0.5, 0.6) is 0 Å². The summed E-state index contributed by atoms with van der Waals surface area (Å²) in [5, 5.41) is 2.78. The number of para-hydroxylation sites is 2. The Hall–Kier alpha value is -3.87. The number of likely N-dealkylation sites (tertiary alicyclic amines) is 1. The molecule has 1 aliphatic heterocycles. The number of anilines is 1. The molecule has 1 atom stereocenters. The fourth-order valence-corrected chi connectivity index (χ4v) is 4.35. The Balaban J connectivity index is 1.26. The maximum atomic E-state index is 13.2. The van der Waals surface area contributed by atoms with Crippen LogP contribution in [0.3, 0.4) is 0 Å². The summed E-state index contributed by atoms with van der Waals surface area (Å²) >= 11 is 0. The number of hydrogen-bond acceptors (Lipinski definition) is 4. The van der Waals surface area contributed by atoms with Gasteiger partial charge in [-0.05, 0) is 61.2 Å². The van der Waals surface area contributed by atoms with Gasteiger partial charge in [-0.15, -0.1) is 0 Å². The van der Waals surface area contributed by atoms with Crippen molar-refractivity contribution in [1.82, 2.24) is 14.5 Å². The third-order valence-corrected chi connectivity index (χ3v) is 5.90. The van der Waals surface area contributed by atoms with Gasteiger partial charge in [0.25, 0.3) is 11.8 Å². The third kappa shape index (κ3) is 4.14. The molecular weight excluding hydrogens is 404 g/mol. The summed E-state index contributed by atoms with van der Waals surface area (Å²) in [6.07, 6.45) is 5.39. The molecule has 1 saturated heterocycles. The van der Waals surface area contributed by atoms with E-state index in [-0.39, 0.29) is 17.6 Å². The van der Waals surface area contributed by atoms with Crippen molar-refractivity contribution in [2.75, 3.05) is 18.4 Å². The molecule has 0 saturated carbocycles. The van der Waals surface area contributed by atoms with Gasteiger partial charge in [-0.1, -0.05) is 18.2 Å². The van der Waals surface area contributed by atoms with E-state index in [1.807, 2.05) is 29.4 Å². The highest BCUT2D eigenvalue weighted by Crippen LogP contribution is 2.23. The average Bonchev–Trinajstić information content (AvgIpc) is 3.50. The number of aromatic nitrogens is 2. The lowest BCUT2D eigenvalue weighted by molar-refractivity contribution is 0.0663. The van der Waals surface area contributed by atoms with Gasteiger partial charge in [-0.2, -0.15) is 0 Å². The van der Waals surface area contributed by atoms with Crippen LogP contribution in [0.15, 0.2) is 77.7 Å². The number of fused-ring (bicyclic) bond motifs is 1. The van der Waals surface area contributed by atoms with Crippen LogP contribution in [-0.2, 0) is 6.54 Å². The van der Waals surface area contributed by atoms with Crippen LogP contribution >= 0.6 is 0 Å². The zero-order valence-electron chi connectivity index (χ0n) is 17.6.